The Hall–Kier alpha value is -0.0600. The van der Waals surface area contributed by atoms with Gasteiger partial charge in [-0.15, -0.1) is 11.6 Å². The third-order valence-electron chi connectivity index (χ3n) is 3.16. The van der Waals surface area contributed by atoms with Crippen LogP contribution < -0.4 is 5.32 Å². The van der Waals surface area contributed by atoms with Crippen LogP contribution in [0.1, 0.15) is 36.0 Å². The Balaban J connectivity index is 2.01. The van der Waals surface area contributed by atoms with Crippen LogP contribution in [-0.2, 0) is 0 Å². The molecule has 1 aromatic rings. The number of alkyl halides is 1. The number of hydrogen-bond acceptors (Lipinski definition) is 1. The molecule has 0 bridgehead atoms. The molecule has 98 valence electrons. The molecule has 1 fully saturated rings. The molecule has 0 atom stereocenters. The molecule has 1 aromatic carbocycles. The molecule has 0 aliphatic heterocycles. The van der Waals surface area contributed by atoms with Crippen LogP contribution in [0.25, 0.3) is 0 Å². The predicted octanol–water partition coefficient (Wildman–Crippen LogP) is 4.49. The Morgan fingerprint density at radius 2 is 1.89 bits per heavy atom. The van der Waals surface area contributed by atoms with Crippen molar-refractivity contribution in [1.82, 2.24) is 5.32 Å². The highest BCUT2D eigenvalue weighted by Gasteiger charge is 2.22. The Bertz CT molecular complexity index is 445. The van der Waals surface area contributed by atoms with Crippen molar-refractivity contribution in [2.75, 3.05) is 0 Å². The van der Waals surface area contributed by atoms with E-state index in [-0.39, 0.29) is 17.3 Å². The Kier molecular flexibility index (Phi) is 5.10. The lowest BCUT2D eigenvalue weighted by Crippen LogP contribution is -2.38. The number of amides is 1. The first-order valence-electron chi connectivity index (χ1n) is 5.96. The summed E-state index contributed by atoms with van der Waals surface area (Å²) in [5, 5.41) is 3.35. The molecule has 2 rings (SSSR count). The van der Waals surface area contributed by atoms with Gasteiger partial charge in [0.1, 0.15) is 0 Å². The number of nitrogens with one attached hydrogen (secondary N) is 1. The molecule has 0 heterocycles. The van der Waals surface area contributed by atoms with Crippen LogP contribution in [0.4, 0.5) is 0 Å². The largest absolute Gasteiger partial charge is 0.349 e. The van der Waals surface area contributed by atoms with Crippen molar-refractivity contribution in [2.24, 2.45) is 0 Å². The molecule has 1 saturated carbocycles. The second kappa shape index (κ2) is 6.40. The van der Waals surface area contributed by atoms with Gasteiger partial charge in [-0.05, 0) is 59.8 Å². The first-order valence-corrected chi connectivity index (χ1v) is 7.98. The molecule has 1 amide bonds. The standard InChI is InChI=1S/C13H14Br2ClNO/c14-8-1-6-12(15)11(7-8)13(18)17-10-4-2-9(16)3-5-10/h1,6-7,9-10H,2-5H2,(H,17,18). The van der Waals surface area contributed by atoms with Gasteiger partial charge >= 0.3 is 0 Å². The van der Waals surface area contributed by atoms with Crippen LogP contribution in [0.15, 0.2) is 27.1 Å². The second-order valence-corrected chi connectivity index (χ2v) is 6.93. The number of hydrogen-bond donors (Lipinski definition) is 1. The summed E-state index contributed by atoms with van der Waals surface area (Å²) in [7, 11) is 0. The highest BCUT2D eigenvalue weighted by Crippen LogP contribution is 2.25. The average Bonchev–Trinajstić information content (AvgIpc) is 2.35. The summed E-state index contributed by atoms with van der Waals surface area (Å²) in [6, 6.07) is 5.85. The molecule has 0 saturated heterocycles. The van der Waals surface area contributed by atoms with Crippen LogP contribution in [0, 0.1) is 0 Å². The molecular weight excluding hydrogens is 381 g/mol. The van der Waals surface area contributed by atoms with Gasteiger partial charge in [0.25, 0.3) is 5.91 Å². The third-order valence-corrected chi connectivity index (χ3v) is 4.79. The zero-order valence-electron chi connectivity index (χ0n) is 9.76. The second-order valence-electron chi connectivity index (χ2n) is 4.55. The van der Waals surface area contributed by atoms with E-state index in [4.69, 9.17) is 11.6 Å². The zero-order valence-corrected chi connectivity index (χ0v) is 13.7. The maximum Gasteiger partial charge on any atom is 0.252 e. The van der Waals surface area contributed by atoms with Crippen LogP contribution in [0.2, 0.25) is 0 Å². The number of carbonyl (C=O) groups excluding carboxylic acids is 1. The Labute approximate surface area is 129 Å². The summed E-state index contributed by atoms with van der Waals surface area (Å²) in [5.74, 6) is -0.0267. The lowest BCUT2D eigenvalue weighted by molar-refractivity contribution is 0.0927. The minimum absolute atomic E-state index is 0.0267. The van der Waals surface area contributed by atoms with Crippen molar-refractivity contribution >= 4 is 49.4 Å². The van der Waals surface area contributed by atoms with Crippen molar-refractivity contribution in [3.8, 4) is 0 Å². The minimum atomic E-state index is -0.0267. The van der Waals surface area contributed by atoms with Crippen LogP contribution in [0.5, 0.6) is 0 Å². The molecular formula is C13H14Br2ClNO. The Morgan fingerprint density at radius 1 is 1.22 bits per heavy atom. The Morgan fingerprint density at radius 3 is 2.56 bits per heavy atom. The maximum atomic E-state index is 12.2. The summed E-state index contributed by atoms with van der Waals surface area (Å²) in [5.41, 5.74) is 0.664. The van der Waals surface area contributed by atoms with Gasteiger partial charge in [-0.1, -0.05) is 15.9 Å². The van der Waals surface area contributed by atoms with E-state index in [1.54, 1.807) is 0 Å². The number of benzene rings is 1. The normalized spacial score (nSPS) is 23.7. The smallest absolute Gasteiger partial charge is 0.252 e. The van der Waals surface area contributed by atoms with Crippen molar-refractivity contribution in [1.29, 1.82) is 0 Å². The van der Waals surface area contributed by atoms with E-state index < -0.39 is 0 Å². The molecule has 5 heteroatoms. The van der Waals surface area contributed by atoms with Crippen molar-refractivity contribution in [3.63, 3.8) is 0 Å². The van der Waals surface area contributed by atoms with Gasteiger partial charge in [-0.2, -0.15) is 0 Å². The van der Waals surface area contributed by atoms with E-state index in [9.17, 15) is 4.79 Å². The van der Waals surface area contributed by atoms with Gasteiger partial charge in [-0.25, -0.2) is 0 Å². The molecule has 18 heavy (non-hydrogen) atoms. The first kappa shape index (κ1) is 14.4. The fourth-order valence-electron chi connectivity index (χ4n) is 2.13. The van der Waals surface area contributed by atoms with Gasteiger partial charge in [-0.3, -0.25) is 4.79 Å². The summed E-state index contributed by atoms with van der Waals surface area (Å²) < 4.78 is 1.72. The molecule has 1 aliphatic rings. The summed E-state index contributed by atoms with van der Waals surface area (Å²) in [4.78, 5) is 12.2. The third kappa shape index (κ3) is 3.72. The maximum absolute atomic E-state index is 12.2. The van der Waals surface area contributed by atoms with Crippen molar-refractivity contribution in [2.45, 2.75) is 37.1 Å². The fourth-order valence-corrected chi connectivity index (χ4v) is 3.17. The van der Waals surface area contributed by atoms with Gasteiger partial charge < -0.3 is 5.32 Å². The summed E-state index contributed by atoms with van der Waals surface area (Å²) in [6.45, 7) is 0. The predicted molar refractivity (Wildman–Crippen MR) is 81.2 cm³/mol. The van der Waals surface area contributed by atoms with Gasteiger partial charge in [0.05, 0.1) is 5.56 Å². The minimum Gasteiger partial charge on any atom is -0.349 e. The molecule has 0 radical (unpaired) electrons. The van der Waals surface area contributed by atoms with E-state index in [2.05, 4.69) is 37.2 Å². The van der Waals surface area contributed by atoms with Gasteiger partial charge in [0.2, 0.25) is 0 Å². The lowest BCUT2D eigenvalue weighted by atomic mass is 9.95. The van der Waals surface area contributed by atoms with Crippen LogP contribution in [0.3, 0.4) is 0 Å². The number of rotatable bonds is 2. The highest BCUT2D eigenvalue weighted by molar-refractivity contribution is 9.11. The van der Waals surface area contributed by atoms with Crippen molar-refractivity contribution < 1.29 is 4.79 Å². The van der Waals surface area contributed by atoms with Crippen LogP contribution >= 0.6 is 43.5 Å². The van der Waals surface area contributed by atoms with Crippen molar-refractivity contribution in [3.05, 3.63) is 32.7 Å². The quantitative estimate of drug-likeness (QED) is 0.735. The molecule has 0 aromatic heterocycles. The molecule has 2 nitrogen and oxygen atoms in total. The van der Waals surface area contributed by atoms with E-state index in [0.29, 0.717) is 5.56 Å². The molecule has 1 aliphatic carbocycles. The molecule has 1 N–H and O–H groups in total. The monoisotopic (exact) mass is 393 g/mol. The fraction of sp³-hybridized carbons (Fsp3) is 0.462. The zero-order chi connectivity index (χ0) is 13.1. The summed E-state index contributed by atoms with van der Waals surface area (Å²) in [6.07, 6.45) is 3.88. The van der Waals surface area contributed by atoms with E-state index >= 15 is 0 Å². The van der Waals surface area contributed by atoms with Gasteiger partial charge in [0, 0.05) is 20.4 Å². The van der Waals surface area contributed by atoms with E-state index in [1.165, 1.54) is 0 Å². The van der Waals surface area contributed by atoms with E-state index in [1.807, 2.05) is 18.2 Å². The highest BCUT2D eigenvalue weighted by atomic mass is 79.9. The van der Waals surface area contributed by atoms with Gasteiger partial charge in [0.15, 0.2) is 0 Å². The topological polar surface area (TPSA) is 29.1 Å². The van der Waals surface area contributed by atoms with Crippen LogP contribution in [-0.4, -0.2) is 17.3 Å². The SMILES string of the molecule is O=C(NC1CCC(Cl)CC1)c1cc(Br)ccc1Br. The number of halogens is 3. The number of carbonyl (C=O) groups is 1. The lowest BCUT2D eigenvalue weighted by Gasteiger charge is -2.26. The molecule has 0 unspecified atom stereocenters. The average molecular weight is 396 g/mol. The summed E-state index contributed by atoms with van der Waals surface area (Å²) >= 11 is 12.8. The van der Waals surface area contributed by atoms with E-state index in [0.717, 1.165) is 34.6 Å². The first-order chi connectivity index (χ1) is 8.56. The molecule has 0 spiro atoms.